The summed E-state index contributed by atoms with van der Waals surface area (Å²) in [5, 5.41) is 0.286. The number of likely N-dealkylation sites (tertiary alicyclic amines) is 1. The van der Waals surface area contributed by atoms with Gasteiger partial charge in [0.1, 0.15) is 10.0 Å². The maximum Gasteiger partial charge on any atom is 0.242 e. The molecule has 1 aliphatic rings. The van der Waals surface area contributed by atoms with Gasteiger partial charge in [-0.15, -0.1) is 0 Å². The number of likely N-dealkylation sites (N-methyl/N-ethyl adjacent to an activating group) is 1. The average molecular weight is 304 g/mol. The van der Waals surface area contributed by atoms with Crippen molar-refractivity contribution in [3.05, 3.63) is 23.5 Å². The summed E-state index contributed by atoms with van der Waals surface area (Å²) in [6, 6.07) is 2.92. The Kier molecular flexibility index (Phi) is 4.78. The zero-order chi connectivity index (χ0) is 13.9. The van der Waals surface area contributed by atoms with E-state index < -0.39 is 10.0 Å². The van der Waals surface area contributed by atoms with E-state index in [9.17, 15) is 8.42 Å². The number of halogens is 1. The van der Waals surface area contributed by atoms with Gasteiger partial charge in [0.2, 0.25) is 10.0 Å². The Labute approximate surface area is 119 Å². The standard InChI is InChI=1S/C12H18ClN3O2S/c1-2-16-7-3-4-10(9-16)15-19(17,18)11-5-6-12(13)14-8-11/h5-6,8,10,15H,2-4,7,9H2,1H3. The van der Waals surface area contributed by atoms with Crippen molar-refractivity contribution in [1.82, 2.24) is 14.6 Å². The summed E-state index contributed by atoms with van der Waals surface area (Å²) in [5.41, 5.74) is 0. The second-order valence-corrected chi connectivity index (χ2v) is 6.77. The Morgan fingerprint density at radius 3 is 2.95 bits per heavy atom. The Balaban J connectivity index is 2.06. The Morgan fingerprint density at radius 2 is 2.32 bits per heavy atom. The van der Waals surface area contributed by atoms with Crippen molar-refractivity contribution in [3.63, 3.8) is 0 Å². The molecular weight excluding hydrogens is 286 g/mol. The number of nitrogens with one attached hydrogen (secondary N) is 1. The molecule has 7 heteroatoms. The van der Waals surface area contributed by atoms with Gasteiger partial charge in [-0.3, -0.25) is 0 Å². The third kappa shape index (κ3) is 3.89. The summed E-state index contributed by atoms with van der Waals surface area (Å²) in [4.78, 5) is 6.21. The molecule has 1 aliphatic heterocycles. The second kappa shape index (κ2) is 6.17. The molecule has 1 saturated heterocycles. The van der Waals surface area contributed by atoms with Crippen molar-refractivity contribution in [1.29, 1.82) is 0 Å². The summed E-state index contributed by atoms with van der Waals surface area (Å²) in [6.45, 7) is 4.83. The molecule has 2 rings (SSSR count). The maximum atomic E-state index is 12.2. The van der Waals surface area contributed by atoms with Gasteiger partial charge in [-0.25, -0.2) is 18.1 Å². The van der Waals surface area contributed by atoms with Gasteiger partial charge in [-0.05, 0) is 38.1 Å². The van der Waals surface area contributed by atoms with E-state index >= 15 is 0 Å². The molecule has 1 atom stereocenters. The molecule has 0 bridgehead atoms. The van der Waals surface area contributed by atoms with Crippen LogP contribution in [0.3, 0.4) is 0 Å². The summed E-state index contributed by atoms with van der Waals surface area (Å²) >= 11 is 5.66. The van der Waals surface area contributed by atoms with Crippen LogP contribution in [0.2, 0.25) is 5.15 Å². The predicted octanol–water partition coefficient (Wildman–Crippen LogP) is 1.50. The van der Waals surface area contributed by atoms with Gasteiger partial charge in [0.05, 0.1) is 0 Å². The van der Waals surface area contributed by atoms with Crippen LogP contribution >= 0.6 is 11.6 Å². The minimum absolute atomic E-state index is 0.0330. The molecular formula is C12H18ClN3O2S. The zero-order valence-corrected chi connectivity index (χ0v) is 12.4. The van der Waals surface area contributed by atoms with Crippen LogP contribution in [-0.4, -0.2) is 44.0 Å². The first-order chi connectivity index (χ1) is 9.01. The lowest BCUT2D eigenvalue weighted by Gasteiger charge is -2.31. The molecule has 1 N–H and O–H groups in total. The van der Waals surface area contributed by atoms with Crippen molar-refractivity contribution < 1.29 is 8.42 Å². The minimum atomic E-state index is -3.51. The average Bonchev–Trinajstić information content (AvgIpc) is 2.39. The number of nitrogens with zero attached hydrogens (tertiary/aromatic N) is 2. The largest absolute Gasteiger partial charge is 0.302 e. The number of sulfonamides is 1. The normalized spacial score (nSPS) is 21.5. The predicted molar refractivity (Wildman–Crippen MR) is 74.7 cm³/mol. The highest BCUT2D eigenvalue weighted by molar-refractivity contribution is 7.89. The van der Waals surface area contributed by atoms with Crippen LogP contribution in [-0.2, 0) is 10.0 Å². The number of pyridine rings is 1. The first kappa shape index (κ1) is 14.7. The molecule has 0 spiro atoms. The highest BCUT2D eigenvalue weighted by atomic mass is 35.5. The van der Waals surface area contributed by atoms with E-state index in [1.54, 1.807) is 0 Å². The fourth-order valence-corrected chi connectivity index (χ4v) is 3.57. The second-order valence-electron chi connectivity index (χ2n) is 4.67. The molecule has 2 heterocycles. The number of hydrogen-bond acceptors (Lipinski definition) is 4. The van der Waals surface area contributed by atoms with Crippen LogP contribution in [0.4, 0.5) is 0 Å². The summed E-state index contributed by atoms with van der Waals surface area (Å²) < 4.78 is 27.1. The molecule has 0 radical (unpaired) electrons. The summed E-state index contributed by atoms with van der Waals surface area (Å²) in [5.74, 6) is 0. The minimum Gasteiger partial charge on any atom is -0.302 e. The number of aromatic nitrogens is 1. The monoisotopic (exact) mass is 303 g/mol. The SMILES string of the molecule is CCN1CCCC(NS(=O)(=O)c2ccc(Cl)nc2)C1. The van der Waals surface area contributed by atoms with Crippen molar-refractivity contribution in [2.45, 2.75) is 30.7 Å². The van der Waals surface area contributed by atoms with Gasteiger partial charge in [0, 0.05) is 18.8 Å². The van der Waals surface area contributed by atoms with Gasteiger partial charge in [0.25, 0.3) is 0 Å². The molecule has 1 aromatic rings. The zero-order valence-electron chi connectivity index (χ0n) is 10.8. The van der Waals surface area contributed by atoms with Crippen LogP contribution in [0, 0.1) is 0 Å². The lowest BCUT2D eigenvalue weighted by molar-refractivity contribution is 0.211. The molecule has 0 aliphatic carbocycles. The quantitative estimate of drug-likeness (QED) is 0.856. The Hall–Kier alpha value is -0.690. The van der Waals surface area contributed by atoms with Crippen molar-refractivity contribution in [2.75, 3.05) is 19.6 Å². The highest BCUT2D eigenvalue weighted by Crippen LogP contribution is 2.15. The van der Waals surface area contributed by atoms with Crippen LogP contribution in [0.5, 0.6) is 0 Å². The molecule has 0 aromatic carbocycles. The Morgan fingerprint density at radius 1 is 1.53 bits per heavy atom. The van der Waals surface area contributed by atoms with Crippen molar-refractivity contribution in [3.8, 4) is 0 Å². The topological polar surface area (TPSA) is 62.3 Å². The van der Waals surface area contributed by atoms with E-state index in [-0.39, 0.29) is 16.1 Å². The van der Waals surface area contributed by atoms with E-state index in [1.807, 2.05) is 0 Å². The maximum absolute atomic E-state index is 12.2. The number of rotatable bonds is 4. The lowest BCUT2D eigenvalue weighted by Crippen LogP contribution is -2.47. The summed E-state index contributed by atoms with van der Waals surface area (Å²) in [6.07, 6.45) is 3.17. The van der Waals surface area contributed by atoms with Crippen molar-refractivity contribution in [2.24, 2.45) is 0 Å². The molecule has 106 valence electrons. The summed E-state index contributed by atoms with van der Waals surface area (Å²) in [7, 11) is -3.51. The first-order valence-corrected chi connectivity index (χ1v) is 8.23. The van der Waals surface area contributed by atoms with Crippen LogP contribution in [0.1, 0.15) is 19.8 Å². The smallest absolute Gasteiger partial charge is 0.242 e. The molecule has 0 amide bonds. The third-order valence-electron chi connectivity index (χ3n) is 3.29. The van der Waals surface area contributed by atoms with Gasteiger partial charge in [0.15, 0.2) is 0 Å². The van der Waals surface area contributed by atoms with Crippen LogP contribution in [0.25, 0.3) is 0 Å². The molecule has 1 unspecified atom stereocenters. The fraction of sp³-hybridized carbons (Fsp3) is 0.583. The highest BCUT2D eigenvalue weighted by Gasteiger charge is 2.24. The van der Waals surface area contributed by atoms with Gasteiger partial charge >= 0.3 is 0 Å². The molecule has 19 heavy (non-hydrogen) atoms. The van der Waals surface area contributed by atoms with E-state index in [2.05, 4.69) is 21.5 Å². The Bertz CT molecular complexity index is 518. The van der Waals surface area contributed by atoms with E-state index in [1.165, 1.54) is 18.3 Å². The van der Waals surface area contributed by atoms with Gasteiger partial charge in [-0.1, -0.05) is 18.5 Å². The van der Waals surface area contributed by atoms with Crippen LogP contribution < -0.4 is 4.72 Å². The molecule has 1 fully saturated rings. The van der Waals surface area contributed by atoms with Crippen LogP contribution in [0.15, 0.2) is 23.2 Å². The van der Waals surface area contributed by atoms with Gasteiger partial charge < -0.3 is 4.90 Å². The van der Waals surface area contributed by atoms with Crippen molar-refractivity contribution >= 4 is 21.6 Å². The molecule has 5 nitrogen and oxygen atoms in total. The van der Waals surface area contributed by atoms with Gasteiger partial charge in [-0.2, -0.15) is 0 Å². The first-order valence-electron chi connectivity index (χ1n) is 6.37. The van der Waals surface area contributed by atoms with E-state index in [0.717, 1.165) is 32.5 Å². The molecule has 0 saturated carbocycles. The third-order valence-corrected chi connectivity index (χ3v) is 5.01. The fourth-order valence-electron chi connectivity index (χ4n) is 2.25. The van der Waals surface area contributed by atoms with E-state index in [0.29, 0.717) is 0 Å². The lowest BCUT2D eigenvalue weighted by atomic mass is 10.1. The molecule has 1 aromatic heterocycles. The van der Waals surface area contributed by atoms with E-state index in [4.69, 9.17) is 11.6 Å². The number of hydrogen-bond donors (Lipinski definition) is 1. The number of piperidine rings is 1.